The predicted octanol–water partition coefficient (Wildman–Crippen LogP) is 1.21. The molecule has 154 valence electrons. The van der Waals surface area contributed by atoms with Crippen molar-refractivity contribution < 1.29 is 18.3 Å². The van der Waals surface area contributed by atoms with Crippen LogP contribution in [0.15, 0.2) is 47.2 Å². The van der Waals surface area contributed by atoms with Crippen molar-refractivity contribution in [2.24, 2.45) is 0 Å². The van der Waals surface area contributed by atoms with Crippen LogP contribution >= 0.6 is 15.9 Å². The van der Waals surface area contributed by atoms with Crippen LogP contribution in [0.5, 0.6) is 0 Å². The highest BCUT2D eigenvalue weighted by molar-refractivity contribution is 9.10. The van der Waals surface area contributed by atoms with Crippen LogP contribution in [0.1, 0.15) is 17.9 Å². The third-order valence-electron chi connectivity index (χ3n) is 5.32. The zero-order chi connectivity index (χ0) is 20.6. The molecule has 2 atom stereocenters. The van der Waals surface area contributed by atoms with Crippen molar-refractivity contribution in [2.75, 3.05) is 31.1 Å². The van der Waals surface area contributed by atoms with Crippen LogP contribution in [0.4, 0.5) is 5.95 Å². The quantitative estimate of drug-likeness (QED) is 0.636. The van der Waals surface area contributed by atoms with Crippen molar-refractivity contribution in [1.29, 1.82) is 0 Å². The molecule has 2 N–H and O–H groups in total. The van der Waals surface area contributed by atoms with E-state index in [-0.39, 0.29) is 25.4 Å². The van der Waals surface area contributed by atoms with E-state index < -0.39 is 21.7 Å². The van der Waals surface area contributed by atoms with Gasteiger partial charge in [-0.2, -0.15) is 17.4 Å². The summed E-state index contributed by atoms with van der Waals surface area (Å²) in [6, 6.07) is 9.12. The fourth-order valence-electron chi connectivity index (χ4n) is 3.64. The number of hydrogen-bond acceptors (Lipinski definition) is 6. The summed E-state index contributed by atoms with van der Waals surface area (Å²) in [6.45, 7) is 1.29. The molecular weight excluding hydrogens is 462 g/mol. The van der Waals surface area contributed by atoms with E-state index in [4.69, 9.17) is 0 Å². The van der Waals surface area contributed by atoms with Crippen LogP contribution in [-0.2, 0) is 15.0 Å². The lowest BCUT2D eigenvalue weighted by atomic mass is 10.1. The van der Waals surface area contributed by atoms with Gasteiger partial charge in [0.1, 0.15) is 5.54 Å². The molecule has 4 rings (SSSR count). The molecule has 9 nitrogen and oxygen atoms in total. The average Bonchev–Trinajstić information content (AvgIpc) is 3.44. The predicted molar refractivity (Wildman–Crippen MR) is 110 cm³/mol. The van der Waals surface area contributed by atoms with Crippen molar-refractivity contribution in [2.45, 2.75) is 17.9 Å². The molecule has 29 heavy (non-hydrogen) atoms. The van der Waals surface area contributed by atoms with Gasteiger partial charge in [-0.1, -0.05) is 30.3 Å². The minimum Gasteiger partial charge on any atom is -0.480 e. The standard InChI is InChI=1S/C18H20BrN5O4S/c19-14-11-20-17(21-12-14)23-6-8-24(9-7-23)29(27,28)22-18(16(25)26)10-15(18)13-4-2-1-3-5-13/h1-5,11-12,15,22H,6-10H2,(H,25,26)/t15-,18+/m0/s1. The van der Waals surface area contributed by atoms with Crippen LogP contribution in [0.3, 0.4) is 0 Å². The van der Waals surface area contributed by atoms with Crippen molar-refractivity contribution in [1.82, 2.24) is 19.0 Å². The average molecular weight is 482 g/mol. The van der Waals surface area contributed by atoms with E-state index >= 15 is 0 Å². The number of halogens is 1. The molecule has 2 heterocycles. The van der Waals surface area contributed by atoms with Crippen LogP contribution in [-0.4, -0.2) is 65.5 Å². The number of carboxylic acids is 1. The maximum atomic E-state index is 12.9. The molecule has 2 fully saturated rings. The SMILES string of the molecule is O=C(O)[C@@]1(NS(=O)(=O)N2CCN(c3ncc(Br)cn3)CC2)C[C@H]1c1ccccc1. The molecule has 1 aliphatic heterocycles. The first kappa shape index (κ1) is 20.2. The van der Waals surface area contributed by atoms with Gasteiger partial charge in [0.15, 0.2) is 0 Å². The van der Waals surface area contributed by atoms with Gasteiger partial charge in [0.05, 0.1) is 4.47 Å². The lowest BCUT2D eigenvalue weighted by Gasteiger charge is -2.34. The Balaban J connectivity index is 1.44. The summed E-state index contributed by atoms with van der Waals surface area (Å²) in [5.74, 6) is -1.00. The van der Waals surface area contributed by atoms with E-state index in [1.807, 2.05) is 35.2 Å². The van der Waals surface area contributed by atoms with E-state index in [1.54, 1.807) is 12.4 Å². The van der Waals surface area contributed by atoms with Crippen molar-refractivity contribution >= 4 is 38.1 Å². The van der Waals surface area contributed by atoms with Gasteiger partial charge in [0, 0.05) is 44.5 Å². The second-order valence-corrected chi connectivity index (χ2v) is 9.72. The number of aromatic nitrogens is 2. The highest BCUT2D eigenvalue weighted by Crippen LogP contribution is 2.52. The monoisotopic (exact) mass is 481 g/mol. The number of carbonyl (C=O) groups is 1. The van der Waals surface area contributed by atoms with Gasteiger partial charge in [-0.25, -0.2) is 9.97 Å². The second-order valence-electron chi connectivity index (χ2n) is 7.14. The zero-order valence-corrected chi connectivity index (χ0v) is 17.8. The minimum atomic E-state index is -3.95. The molecule has 1 saturated carbocycles. The molecule has 0 unspecified atom stereocenters. The van der Waals surface area contributed by atoms with Gasteiger partial charge < -0.3 is 10.0 Å². The third-order valence-corrected chi connectivity index (χ3v) is 7.40. The Hall–Kier alpha value is -2.08. The van der Waals surface area contributed by atoms with Gasteiger partial charge in [-0.15, -0.1) is 0 Å². The van der Waals surface area contributed by atoms with Gasteiger partial charge in [-0.3, -0.25) is 4.79 Å². The molecule has 11 heteroatoms. The molecule has 0 amide bonds. The number of piperazine rings is 1. The molecule has 0 bridgehead atoms. The van der Waals surface area contributed by atoms with Crippen molar-refractivity contribution in [3.05, 3.63) is 52.8 Å². The van der Waals surface area contributed by atoms with Gasteiger partial charge in [-0.05, 0) is 27.9 Å². The maximum absolute atomic E-state index is 12.9. The number of anilines is 1. The topological polar surface area (TPSA) is 116 Å². The molecule has 1 aliphatic carbocycles. The number of nitrogens with one attached hydrogen (secondary N) is 1. The third kappa shape index (κ3) is 4.00. The molecule has 2 aliphatic rings. The Morgan fingerprint density at radius 2 is 1.76 bits per heavy atom. The molecule has 2 aromatic rings. The van der Waals surface area contributed by atoms with Crippen LogP contribution in [0, 0.1) is 0 Å². The maximum Gasteiger partial charge on any atom is 0.325 e. The molecule has 1 aromatic heterocycles. The number of aliphatic carboxylic acids is 1. The first-order valence-electron chi connectivity index (χ1n) is 9.12. The van der Waals surface area contributed by atoms with E-state index in [2.05, 4.69) is 30.6 Å². The van der Waals surface area contributed by atoms with E-state index in [0.29, 0.717) is 19.0 Å². The summed E-state index contributed by atoms with van der Waals surface area (Å²) in [6.07, 6.45) is 3.51. The number of benzene rings is 1. The Labute approximate surface area is 177 Å². The molecule has 0 radical (unpaired) electrons. The minimum absolute atomic E-state index is 0.223. The molecule has 1 aromatic carbocycles. The van der Waals surface area contributed by atoms with E-state index in [9.17, 15) is 18.3 Å². The molecule has 0 spiro atoms. The van der Waals surface area contributed by atoms with E-state index in [1.165, 1.54) is 4.31 Å². The Bertz CT molecular complexity index is 997. The number of rotatable bonds is 6. The molecular formula is C18H20BrN5O4S. The van der Waals surface area contributed by atoms with Gasteiger partial charge in [0.25, 0.3) is 10.2 Å². The highest BCUT2D eigenvalue weighted by Gasteiger charge is 2.63. The highest BCUT2D eigenvalue weighted by atomic mass is 79.9. The van der Waals surface area contributed by atoms with Crippen molar-refractivity contribution in [3.8, 4) is 0 Å². The van der Waals surface area contributed by atoms with Crippen LogP contribution < -0.4 is 9.62 Å². The lowest BCUT2D eigenvalue weighted by molar-refractivity contribution is -0.140. The summed E-state index contributed by atoms with van der Waals surface area (Å²) in [5.41, 5.74) is -0.679. The summed E-state index contributed by atoms with van der Waals surface area (Å²) < 4.78 is 30.3. The van der Waals surface area contributed by atoms with Crippen molar-refractivity contribution in [3.63, 3.8) is 0 Å². The molecule has 1 saturated heterocycles. The largest absolute Gasteiger partial charge is 0.480 e. The first-order valence-corrected chi connectivity index (χ1v) is 11.3. The first-order chi connectivity index (χ1) is 13.8. The lowest BCUT2D eigenvalue weighted by Crippen LogP contribution is -2.56. The van der Waals surface area contributed by atoms with Gasteiger partial charge >= 0.3 is 5.97 Å². The Morgan fingerprint density at radius 3 is 2.34 bits per heavy atom. The summed E-state index contributed by atoms with van der Waals surface area (Å²) in [4.78, 5) is 22.3. The summed E-state index contributed by atoms with van der Waals surface area (Å²) in [7, 11) is -3.95. The fourth-order valence-corrected chi connectivity index (χ4v) is 5.39. The van der Waals surface area contributed by atoms with Crippen LogP contribution in [0.2, 0.25) is 0 Å². The number of carboxylic acid groups (broad SMARTS) is 1. The summed E-state index contributed by atoms with van der Waals surface area (Å²) >= 11 is 3.28. The van der Waals surface area contributed by atoms with Gasteiger partial charge in [0.2, 0.25) is 5.95 Å². The smallest absolute Gasteiger partial charge is 0.325 e. The number of hydrogen-bond donors (Lipinski definition) is 2. The fraction of sp³-hybridized carbons (Fsp3) is 0.389. The Kier molecular flexibility index (Phi) is 5.32. The van der Waals surface area contributed by atoms with Crippen LogP contribution in [0.25, 0.3) is 0 Å². The summed E-state index contributed by atoms with van der Waals surface area (Å²) in [5, 5.41) is 9.74. The number of nitrogens with zero attached hydrogens (tertiary/aromatic N) is 4. The zero-order valence-electron chi connectivity index (χ0n) is 15.4. The second kappa shape index (κ2) is 7.63. The normalized spacial score (nSPS) is 25.0. The Morgan fingerprint density at radius 1 is 1.14 bits per heavy atom. The van der Waals surface area contributed by atoms with E-state index in [0.717, 1.165) is 10.0 Å².